The van der Waals surface area contributed by atoms with E-state index >= 15 is 0 Å². The molecule has 0 aliphatic carbocycles. The summed E-state index contributed by atoms with van der Waals surface area (Å²) in [5.41, 5.74) is 0. The number of nitrogens with one attached hydrogen (secondary N) is 1. The standard InChI is InChI=1S/C64H117NO3/c1-3-5-7-9-11-13-15-17-19-21-23-25-27-29-31-32-34-35-37-39-41-43-45-47-49-51-53-55-57-59-63(67)62(61-66)65-64(68)60-58-56-54-52-50-48-46-44-42-40-38-36-33-30-28-26-24-22-20-18-16-14-12-10-8-6-4-2/h6,8,12,14,18,20,24,26,49,51,57,59,62-63,66-67H,3-5,7,9-11,13,15-17,19,21-23,25,27-48,50,52-56,58,60-61H2,1-2H3,(H,65,68)/b8-6-,14-12-,20-18-,26-24-,51-49+,59-57+. The van der Waals surface area contributed by atoms with Crippen molar-refractivity contribution in [3.63, 3.8) is 0 Å². The maximum absolute atomic E-state index is 12.5. The van der Waals surface area contributed by atoms with Gasteiger partial charge in [-0.05, 0) is 70.6 Å². The van der Waals surface area contributed by atoms with Crippen LogP contribution in [0, 0.1) is 0 Å². The highest BCUT2D eigenvalue weighted by Crippen LogP contribution is 2.17. The molecule has 4 nitrogen and oxygen atoms in total. The molecule has 1 amide bonds. The second kappa shape index (κ2) is 59.1. The summed E-state index contributed by atoms with van der Waals surface area (Å²) in [4.78, 5) is 12.5. The molecule has 0 aromatic rings. The van der Waals surface area contributed by atoms with Crippen LogP contribution in [0.2, 0.25) is 0 Å². The van der Waals surface area contributed by atoms with Crippen LogP contribution in [0.3, 0.4) is 0 Å². The lowest BCUT2D eigenvalue weighted by molar-refractivity contribution is -0.123. The number of hydrogen-bond donors (Lipinski definition) is 3. The van der Waals surface area contributed by atoms with Crippen LogP contribution in [0.25, 0.3) is 0 Å². The minimum atomic E-state index is -0.867. The maximum atomic E-state index is 12.5. The van der Waals surface area contributed by atoms with Crippen molar-refractivity contribution in [2.24, 2.45) is 0 Å². The average molecular weight is 949 g/mol. The summed E-state index contributed by atoms with van der Waals surface area (Å²) in [6.07, 6.45) is 85.1. The predicted molar refractivity (Wildman–Crippen MR) is 304 cm³/mol. The molecule has 0 bridgehead atoms. The van der Waals surface area contributed by atoms with Crippen molar-refractivity contribution >= 4 is 5.91 Å². The van der Waals surface area contributed by atoms with Crippen LogP contribution in [-0.2, 0) is 4.79 Å². The Morgan fingerprint density at radius 2 is 0.662 bits per heavy atom. The summed E-state index contributed by atoms with van der Waals surface area (Å²) in [7, 11) is 0. The molecule has 0 saturated carbocycles. The van der Waals surface area contributed by atoms with Gasteiger partial charge in [0.2, 0.25) is 5.91 Å². The summed E-state index contributed by atoms with van der Waals surface area (Å²) in [5, 5.41) is 23.2. The van der Waals surface area contributed by atoms with Crippen molar-refractivity contribution in [1.29, 1.82) is 0 Å². The van der Waals surface area contributed by atoms with Gasteiger partial charge in [0.1, 0.15) is 0 Å². The minimum Gasteiger partial charge on any atom is -0.394 e. The zero-order valence-electron chi connectivity index (χ0n) is 45.6. The van der Waals surface area contributed by atoms with Crippen LogP contribution in [0.1, 0.15) is 309 Å². The van der Waals surface area contributed by atoms with Gasteiger partial charge in [0.05, 0.1) is 18.8 Å². The van der Waals surface area contributed by atoms with Crippen molar-refractivity contribution < 1.29 is 15.0 Å². The van der Waals surface area contributed by atoms with Gasteiger partial charge in [-0.15, -0.1) is 0 Å². The normalized spacial score (nSPS) is 13.3. The molecule has 68 heavy (non-hydrogen) atoms. The van der Waals surface area contributed by atoms with Crippen LogP contribution in [0.4, 0.5) is 0 Å². The molecule has 3 N–H and O–H groups in total. The molecule has 0 aliphatic heterocycles. The van der Waals surface area contributed by atoms with Gasteiger partial charge in [0, 0.05) is 6.42 Å². The minimum absolute atomic E-state index is 0.0733. The van der Waals surface area contributed by atoms with Gasteiger partial charge in [-0.25, -0.2) is 0 Å². The van der Waals surface area contributed by atoms with Crippen LogP contribution in [0.5, 0.6) is 0 Å². The molecule has 0 rings (SSSR count). The van der Waals surface area contributed by atoms with E-state index in [9.17, 15) is 15.0 Å². The fourth-order valence-electron chi connectivity index (χ4n) is 9.13. The molecule has 0 radical (unpaired) electrons. The molecule has 4 heteroatoms. The first kappa shape index (κ1) is 65.8. The Morgan fingerprint density at radius 3 is 1.03 bits per heavy atom. The van der Waals surface area contributed by atoms with Gasteiger partial charge < -0.3 is 15.5 Å². The van der Waals surface area contributed by atoms with Crippen LogP contribution in [0.15, 0.2) is 72.9 Å². The maximum Gasteiger partial charge on any atom is 0.220 e. The number of aliphatic hydroxyl groups is 2. The van der Waals surface area contributed by atoms with Crippen molar-refractivity contribution in [2.45, 2.75) is 321 Å². The average Bonchev–Trinajstić information content (AvgIpc) is 3.34. The summed E-state index contributed by atoms with van der Waals surface area (Å²) in [6.45, 7) is 4.21. The van der Waals surface area contributed by atoms with Gasteiger partial charge in [0.25, 0.3) is 0 Å². The zero-order chi connectivity index (χ0) is 49.2. The molecule has 2 atom stereocenters. The highest BCUT2D eigenvalue weighted by Gasteiger charge is 2.18. The van der Waals surface area contributed by atoms with Crippen LogP contribution < -0.4 is 5.32 Å². The third kappa shape index (κ3) is 54.8. The van der Waals surface area contributed by atoms with E-state index in [1.54, 1.807) is 6.08 Å². The molecule has 0 aliphatic rings. The van der Waals surface area contributed by atoms with Crippen molar-refractivity contribution in [3.8, 4) is 0 Å². The molecule has 0 aromatic heterocycles. The number of rotatable bonds is 55. The predicted octanol–water partition coefficient (Wildman–Crippen LogP) is 20.1. The molecular formula is C64H117NO3. The molecule has 0 spiro atoms. The van der Waals surface area contributed by atoms with E-state index in [4.69, 9.17) is 0 Å². The summed E-state index contributed by atoms with van der Waals surface area (Å²) >= 11 is 0. The number of amides is 1. The lowest BCUT2D eigenvalue weighted by Crippen LogP contribution is -2.45. The molecule has 0 aromatic carbocycles. The Labute approximate surface area is 425 Å². The number of carbonyl (C=O) groups excluding carboxylic acids is 1. The van der Waals surface area contributed by atoms with E-state index in [1.807, 2.05) is 6.08 Å². The van der Waals surface area contributed by atoms with Gasteiger partial charge in [-0.1, -0.05) is 305 Å². The largest absolute Gasteiger partial charge is 0.394 e. The number of carbonyl (C=O) groups is 1. The summed E-state index contributed by atoms with van der Waals surface area (Å²) in [5.74, 6) is -0.0733. The molecule has 0 heterocycles. The number of allylic oxidation sites excluding steroid dienone is 11. The van der Waals surface area contributed by atoms with Gasteiger partial charge in [-0.2, -0.15) is 0 Å². The monoisotopic (exact) mass is 948 g/mol. The first-order valence-corrected chi connectivity index (χ1v) is 30.2. The third-order valence-corrected chi connectivity index (χ3v) is 13.7. The third-order valence-electron chi connectivity index (χ3n) is 13.7. The lowest BCUT2D eigenvalue weighted by Gasteiger charge is -2.19. The summed E-state index contributed by atoms with van der Waals surface area (Å²) in [6, 6.07) is -0.644. The van der Waals surface area contributed by atoms with Crippen molar-refractivity contribution in [3.05, 3.63) is 72.9 Å². The van der Waals surface area contributed by atoms with E-state index < -0.39 is 12.1 Å². The molecule has 396 valence electrons. The highest BCUT2D eigenvalue weighted by molar-refractivity contribution is 5.76. The molecule has 0 saturated heterocycles. The van der Waals surface area contributed by atoms with E-state index in [1.165, 1.54) is 231 Å². The van der Waals surface area contributed by atoms with E-state index in [-0.39, 0.29) is 12.5 Å². The lowest BCUT2D eigenvalue weighted by atomic mass is 10.0. The Balaban J connectivity index is 3.52. The quantitative estimate of drug-likeness (QED) is 0.0420. The molecule has 0 fully saturated rings. The Bertz CT molecular complexity index is 1170. The number of hydrogen-bond acceptors (Lipinski definition) is 3. The van der Waals surface area contributed by atoms with E-state index in [0.29, 0.717) is 6.42 Å². The zero-order valence-corrected chi connectivity index (χ0v) is 45.6. The highest BCUT2D eigenvalue weighted by atomic mass is 16.3. The van der Waals surface area contributed by atoms with Crippen LogP contribution in [-0.4, -0.2) is 34.9 Å². The second-order valence-corrected chi connectivity index (χ2v) is 20.4. The van der Waals surface area contributed by atoms with Crippen LogP contribution >= 0.6 is 0 Å². The molecule has 2 unspecified atom stereocenters. The molecular weight excluding hydrogens is 831 g/mol. The number of aliphatic hydroxyl groups excluding tert-OH is 2. The number of unbranched alkanes of at least 4 members (excludes halogenated alkanes) is 38. The topological polar surface area (TPSA) is 69.6 Å². The van der Waals surface area contributed by atoms with Gasteiger partial charge in [0.15, 0.2) is 0 Å². The first-order valence-electron chi connectivity index (χ1n) is 30.2. The fraction of sp³-hybridized carbons (Fsp3) is 0.797. The Morgan fingerprint density at radius 1 is 0.368 bits per heavy atom. The fourth-order valence-corrected chi connectivity index (χ4v) is 9.13. The van der Waals surface area contributed by atoms with Gasteiger partial charge >= 0.3 is 0 Å². The van der Waals surface area contributed by atoms with E-state index in [2.05, 4.69) is 79.9 Å². The van der Waals surface area contributed by atoms with Gasteiger partial charge in [-0.3, -0.25) is 4.79 Å². The first-order chi connectivity index (χ1) is 33.7. The Kier molecular flexibility index (Phi) is 57.3. The Hall–Kier alpha value is -2.17. The SMILES string of the molecule is CC/C=C\C/C=C\C/C=C\C/C=C\CCCCCCCCCCCCCCCCC(=O)NC(CO)C(O)/C=C/CC/C=C/CCCCCCCCCCCCCCCCCCCCCCCCC. The summed E-state index contributed by atoms with van der Waals surface area (Å²) < 4.78 is 0. The smallest absolute Gasteiger partial charge is 0.220 e. The van der Waals surface area contributed by atoms with Crippen molar-refractivity contribution in [1.82, 2.24) is 5.32 Å². The van der Waals surface area contributed by atoms with Crippen molar-refractivity contribution in [2.75, 3.05) is 6.61 Å². The second-order valence-electron chi connectivity index (χ2n) is 20.4. The van der Waals surface area contributed by atoms with E-state index in [0.717, 1.165) is 57.8 Å².